The van der Waals surface area contributed by atoms with Crippen molar-refractivity contribution < 1.29 is 18.0 Å². The molecule has 0 atom stereocenters. The average molecular weight is 349 g/mol. The lowest BCUT2D eigenvalue weighted by Crippen LogP contribution is -2.20. The zero-order valence-electron chi connectivity index (χ0n) is 10.8. The molecule has 3 nitrogen and oxygen atoms in total. The first-order valence-corrected chi connectivity index (χ1v) is 6.71. The van der Waals surface area contributed by atoms with E-state index in [2.05, 4.69) is 10.6 Å². The van der Waals surface area contributed by atoms with Gasteiger partial charge in [0.05, 0.1) is 16.3 Å². The summed E-state index contributed by atoms with van der Waals surface area (Å²) in [5, 5.41) is 5.22. The maximum absolute atomic E-state index is 12.6. The summed E-state index contributed by atoms with van der Waals surface area (Å²) in [6.45, 7) is 0. The van der Waals surface area contributed by atoms with Gasteiger partial charge in [0.1, 0.15) is 0 Å². The Balaban J connectivity index is 2.12. The molecule has 0 saturated carbocycles. The summed E-state index contributed by atoms with van der Waals surface area (Å²) in [6, 6.07) is 8.19. The van der Waals surface area contributed by atoms with E-state index in [1.54, 1.807) is 24.3 Å². The van der Waals surface area contributed by atoms with Crippen molar-refractivity contribution in [3.05, 3.63) is 58.1 Å². The molecule has 0 fully saturated rings. The van der Waals surface area contributed by atoms with Crippen LogP contribution in [0.4, 0.5) is 29.3 Å². The van der Waals surface area contributed by atoms with Crippen LogP contribution in [-0.2, 0) is 6.18 Å². The Bertz CT molecular complexity index is 687. The monoisotopic (exact) mass is 348 g/mol. The van der Waals surface area contributed by atoms with Gasteiger partial charge in [0.25, 0.3) is 0 Å². The predicted octanol–water partition coefficient (Wildman–Crippen LogP) is 5.66. The topological polar surface area (TPSA) is 41.1 Å². The fourth-order valence-corrected chi connectivity index (χ4v) is 1.91. The third kappa shape index (κ3) is 4.29. The van der Waals surface area contributed by atoms with Crippen LogP contribution in [0.15, 0.2) is 42.5 Å². The summed E-state index contributed by atoms with van der Waals surface area (Å²) in [7, 11) is 0. The van der Waals surface area contributed by atoms with Gasteiger partial charge in [0.15, 0.2) is 0 Å². The number of carbonyl (C=O) groups is 1. The number of alkyl halides is 3. The summed E-state index contributed by atoms with van der Waals surface area (Å²) in [6.07, 6.45) is -4.52. The third-order valence-electron chi connectivity index (χ3n) is 2.64. The second-order valence-corrected chi connectivity index (χ2v) is 5.12. The molecule has 0 unspecified atom stereocenters. The first-order valence-electron chi connectivity index (χ1n) is 5.96. The Morgan fingerprint density at radius 3 is 2.18 bits per heavy atom. The van der Waals surface area contributed by atoms with Gasteiger partial charge in [-0.15, -0.1) is 0 Å². The van der Waals surface area contributed by atoms with E-state index in [0.717, 1.165) is 18.2 Å². The second kappa shape index (κ2) is 6.46. The molecule has 0 saturated heterocycles. The van der Waals surface area contributed by atoms with Gasteiger partial charge in [-0.05, 0) is 42.5 Å². The smallest absolute Gasteiger partial charge is 0.308 e. The first kappa shape index (κ1) is 16.5. The Labute approximate surface area is 134 Å². The minimum absolute atomic E-state index is 0.000689. The molecular formula is C14H9Cl2F3N2O. The van der Waals surface area contributed by atoms with Gasteiger partial charge < -0.3 is 10.6 Å². The molecule has 0 spiro atoms. The second-order valence-electron chi connectivity index (χ2n) is 4.28. The van der Waals surface area contributed by atoms with Gasteiger partial charge in [0.2, 0.25) is 0 Å². The van der Waals surface area contributed by atoms with Crippen LogP contribution in [0.5, 0.6) is 0 Å². The molecule has 116 valence electrons. The molecule has 22 heavy (non-hydrogen) atoms. The van der Waals surface area contributed by atoms with Gasteiger partial charge in [-0.2, -0.15) is 13.2 Å². The van der Waals surface area contributed by atoms with Gasteiger partial charge in [-0.25, -0.2) is 4.79 Å². The summed E-state index contributed by atoms with van der Waals surface area (Å²) >= 11 is 11.5. The number of carbonyl (C=O) groups excluding carboxylic acids is 1. The van der Waals surface area contributed by atoms with Crippen molar-refractivity contribution in [2.24, 2.45) is 0 Å². The van der Waals surface area contributed by atoms with Crippen LogP contribution in [0.3, 0.4) is 0 Å². The summed E-state index contributed by atoms with van der Waals surface area (Å²) in [5.41, 5.74) is -0.605. The Hall–Kier alpha value is -1.92. The Morgan fingerprint density at radius 1 is 0.955 bits per heavy atom. The van der Waals surface area contributed by atoms with E-state index in [0.29, 0.717) is 10.7 Å². The largest absolute Gasteiger partial charge is 0.416 e. The normalized spacial score (nSPS) is 11.1. The molecule has 0 radical (unpaired) electrons. The van der Waals surface area contributed by atoms with Crippen LogP contribution in [-0.4, -0.2) is 6.03 Å². The molecule has 0 aliphatic heterocycles. The molecule has 0 bridgehead atoms. The SMILES string of the molecule is O=C(Nc1ccc(Cl)cc1)Nc1cc(C(F)(F)F)ccc1Cl. The molecule has 2 rings (SSSR count). The molecule has 2 amide bonds. The maximum atomic E-state index is 12.6. The van der Waals surface area contributed by atoms with Crippen LogP contribution >= 0.6 is 23.2 Å². The van der Waals surface area contributed by atoms with E-state index in [-0.39, 0.29) is 10.7 Å². The van der Waals surface area contributed by atoms with Gasteiger partial charge in [-0.3, -0.25) is 0 Å². The number of halogens is 5. The molecule has 2 aromatic rings. The van der Waals surface area contributed by atoms with E-state index < -0.39 is 17.8 Å². The van der Waals surface area contributed by atoms with E-state index in [9.17, 15) is 18.0 Å². The van der Waals surface area contributed by atoms with Gasteiger partial charge >= 0.3 is 12.2 Å². The van der Waals surface area contributed by atoms with Crippen LogP contribution in [0, 0.1) is 0 Å². The number of anilines is 2. The standard InChI is InChI=1S/C14H9Cl2F3N2O/c15-9-2-4-10(5-3-9)20-13(22)21-12-7-8(14(17,18)19)1-6-11(12)16/h1-7H,(H2,20,21,22). The molecule has 0 aliphatic rings. The van der Waals surface area contributed by atoms with E-state index in [1.807, 2.05) is 0 Å². The fourth-order valence-electron chi connectivity index (χ4n) is 1.62. The lowest BCUT2D eigenvalue weighted by molar-refractivity contribution is -0.137. The molecule has 0 heterocycles. The number of hydrogen-bond acceptors (Lipinski definition) is 1. The predicted molar refractivity (Wildman–Crippen MR) is 80.5 cm³/mol. The minimum atomic E-state index is -4.52. The van der Waals surface area contributed by atoms with E-state index >= 15 is 0 Å². The van der Waals surface area contributed by atoms with Gasteiger partial charge in [-0.1, -0.05) is 23.2 Å². The van der Waals surface area contributed by atoms with Crippen molar-refractivity contribution in [3.8, 4) is 0 Å². The number of urea groups is 1. The van der Waals surface area contributed by atoms with Crippen molar-refractivity contribution in [2.75, 3.05) is 10.6 Å². The molecule has 0 aromatic heterocycles. The third-order valence-corrected chi connectivity index (χ3v) is 3.23. The molecule has 8 heteroatoms. The van der Waals surface area contributed by atoms with Crippen molar-refractivity contribution >= 4 is 40.6 Å². The highest BCUT2D eigenvalue weighted by molar-refractivity contribution is 6.33. The zero-order valence-corrected chi connectivity index (χ0v) is 12.4. The number of amides is 2. The fraction of sp³-hybridized carbons (Fsp3) is 0.0714. The lowest BCUT2D eigenvalue weighted by Gasteiger charge is -2.12. The molecule has 2 N–H and O–H groups in total. The highest BCUT2D eigenvalue weighted by atomic mass is 35.5. The number of rotatable bonds is 2. The highest BCUT2D eigenvalue weighted by Crippen LogP contribution is 2.33. The van der Waals surface area contributed by atoms with Crippen LogP contribution in [0.1, 0.15) is 5.56 Å². The molecule has 0 aliphatic carbocycles. The average Bonchev–Trinajstić information content (AvgIpc) is 2.42. The van der Waals surface area contributed by atoms with Gasteiger partial charge in [0, 0.05) is 10.7 Å². The van der Waals surface area contributed by atoms with Crippen LogP contribution in [0.25, 0.3) is 0 Å². The lowest BCUT2D eigenvalue weighted by atomic mass is 10.2. The quantitative estimate of drug-likeness (QED) is 0.722. The number of benzene rings is 2. The van der Waals surface area contributed by atoms with Crippen molar-refractivity contribution in [1.82, 2.24) is 0 Å². The van der Waals surface area contributed by atoms with E-state index in [4.69, 9.17) is 23.2 Å². The Kier molecular flexibility index (Phi) is 4.83. The van der Waals surface area contributed by atoms with Crippen molar-refractivity contribution in [1.29, 1.82) is 0 Å². The van der Waals surface area contributed by atoms with Crippen molar-refractivity contribution in [2.45, 2.75) is 6.18 Å². The first-order chi connectivity index (χ1) is 10.3. The van der Waals surface area contributed by atoms with Crippen molar-refractivity contribution in [3.63, 3.8) is 0 Å². The molecular weight excluding hydrogens is 340 g/mol. The number of hydrogen-bond donors (Lipinski definition) is 2. The van der Waals surface area contributed by atoms with Crippen LogP contribution in [0.2, 0.25) is 10.0 Å². The Morgan fingerprint density at radius 2 is 1.59 bits per heavy atom. The van der Waals surface area contributed by atoms with Crippen LogP contribution < -0.4 is 10.6 Å². The minimum Gasteiger partial charge on any atom is -0.308 e. The summed E-state index contributed by atoms with van der Waals surface area (Å²) in [5.74, 6) is 0. The number of nitrogens with one attached hydrogen (secondary N) is 2. The molecule has 2 aromatic carbocycles. The highest BCUT2D eigenvalue weighted by Gasteiger charge is 2.31. The summed E-state index contributed by atoms with van der Waals surface area (Å²) in [4.78, 5) is 11.8. The zero-order chi connectivity index (χ0) is 16.3. The maximum Gasteiger partial charge on any atom is 0.416 e. The summed E-state index contributed by atoms with van der Waals surface area (Å²) < 4.78 is 37.9. The van der Waals surface area contributed by atoms with E-state index in [1.165, 1.54) is 0 Å².